The lowest BCUT2D eigenvalue weighted by atomic mass is 10.0. The van der Waals surface area contributed by atoms with E-state index < -0.39 is 0 Å². The quantitative estimate of drug-likeness (QED) is 0.875. The van der Waals surface area contributed by atoms with Crippen molar-refractivity contribution in [3.63, 3.8) is 0 Å². The lowest BCUT2D eigenvalue weighted by Gasteiger charge is -2.25. The number of benzene rings is 1. The highest BCUT2D eigenvalue weighted by atomic mass is 16.5. The normalized spacial score (nSPS) is 19.2. The molecule has 0 amide bonds. The minimum Gasteiger partial charge on any atom is -0.497 e. The summed E-state index contributed by atoms with van der Waals surface area (Å²) in [6, 6.07) is 11.4. The molecule has 2 aliphatic rings. The molecule has 122 valence electrons. The minimum atomic E-state index is -0.207. The van der Waals surface area contributed by atoms with Gasteiger partial charge in [0.25, 0.3) is 0 Å². The van der Waals surface area contributed by atoms with Crippen LogP contribution < -0.4 is 10.6 Å². The summed E-state index contributed by atoms with van der Waals surface area (Å²) in [5.41, 5.74) is 2.87. The second kappa shape index (κ2) is 5.86. The Bertz CT molecular complexity index is 825. The molecule has 2 aromatic rings. The highest BCUT2D eigenvalue weighted by Crippen LogP contribution is 2.36. The van der Waals surface area contributed by atoms with Gasteiger partial charge in [-0.2, -0.15) is 5.11 Å². The number of nitrogens with two attached hydrogens (primary N) is 1. The number of methoxy groups -OCH3 is 1. The van der Waals surface area contributed by atoms with Gasteiger partial charge in [0.05, 0.1) is 25.6 Å². The van der Waals surface area contributed by atoms with Crippen molar-refractivity contribution >= 4 is 5.57 Å². The summed E-state index contributed by atoms with van der Waals surface area (Å²) < 4.78 is 10.8. The Morgan fingerprint density at radius 1 is 1.25 bits per heavy atom. The molecule has 0 aliphatic carbocycles. The molecule has 3 heterocycles. The highest BCUT2D eigenvalue weighted by molar-refractivity contribution is 5.70. The van der Waals surface area contributed by atoms with Crippen molar-refractivity contribution < 1.29 is 9.15 Å². The predicted molar refractivity (Wildman–Crippen MR) is 88.0 cm³/mol. The van der Waals surface area contributed by atoms with E-state index >= 15 is 0 Å². The minimum absolute atomic E-state index is 0.207. The van der Waals surface area contributed by atoms with Crippen molar-refractivity contribution in [2.75, 3.05) is 7.11 Å². The summed E-state index contributed by atoms with van der Waals surface area (Å²) in [5, 5.41) is 12.1. The Labute approximate surface area is 139 Å². The molecule has 0 fully saturated rings. The molecule has 0 saturated heterocycles. The molecular weight excluding hydrogens is 306 g/mol. The fourth-order valence-corrected chi connectivity index (χ4v) is 2.85. The van der Waals surface area contributed by atoms with E-state index in [2.05, 4.69) is 10.3 Å². The monoisotopic (exact) mass is 323 g/mol. The summed E-state index contributed by atoms with van der Waals surface area (Å²) >= 11 is 0. The van der Waals surface area contributed by atoms with Crippen molar-refractivity contribution in [2.45, 2.75) is 12.6 Å². The lowest BCUT2D eigenvalue weighted by Crippen LogP contribution is -2.30. The Morgan fingerprint density at radius 3 is 2.96 bits per heavy atom. The van der Waals surface area contributed by atoms with Gasteiger partial charge in [-0.1, -0.05) is 17.4 Å². The van der Waals surface area contributed by atoms with Crippen LogP contribution in [0, 0.1) is 0 Å². The fourth-order valence-electron chi connectivity index (χ4n) is 2.85. The van der Waals surface area contributed by atoms with E-state index in [0.717, 1.165) is 28.3 Å². The summed E-state index contributed by atoms with van der Waals surface area (Å²) in [5.74, 6) is 7.55. The third kappa shape index (κ3) is 2.55. The van der Waals surface area contributed by atoms with E-state index in [0.29, 0.717) is 6.54 Å². The van der Waals surface area contributed by atoms with Crippen molar-refractivity contribution in [1.82, 2.24) is 10.0 Å². The van der Waals surface area contributed by atoms with Crippen LogP contribution in [-0.4, -0.2) is 23.2 Å². The Morgan fingerprint density at radius 2 is 2.17 bits per heavy atom. The first-order valence-electron chi connectivity index (χ1n) is 7.56. The maximum Gasteiger partial charge on any atom is 0.146 e. The summed E-state index contributed by atoms with van der Waals surface area (Å²) in [7, 11) is 1.65. The second-order valence-electron chi connectivity index (χ2n) is 5.58. The molecular formula is C17H17N5O2. The topological polar surface area (TPSA) is 79.6 Å². The fraction of sp³-hybridized carbons (Fsp3) is 0.176. The van der Waals surface area contributed by atoms with Gasteiger partial charge < -0.3 is 9.15 Å². The number of furan rings is 1. The molecule has 0 bridgehead atoms. The van der Waals surface area contributed by atoms with Crippen LogP contribution in [0.3, 0.4) is 0 Å². The van der Waals surface area contributed by atoms with E-state index in [1.54, 1.807) is 19.6 Å². The summed E-state index contributed by atoms with van der Waals surface area (Å²) in [6.45, 7) is 0.586. The third-order valence-electron chi connectivity index (χ3n) is 3.99. The number of fused-ring (bicyclic) bond motifs is 1. The van der Waals surface area contributed by atoms with Gasteiger partial charge in [0, 0.05) is 18.0 Å². The highest BCUT2D eigenvalue weighted by Gasteiger charge is 2.34. The van der Waals surface area contributed by atoms with Crippen molar-refractivity contribution in [1.29, 1.82) is 0 Å². The van der Waals surface area contributed by atoms with Crippen molar-refractivity contribution in [3.05, 3.63) is 72.1 Å². The molecule has 0 spiro atoms. The Balaban J connectivity index is 1.59. The zero-order valence-electron chi connectivity index (χ0n) is 13.2. The van der Waals surface area contributed by atoms with E-state index in [-0.39, 0.29) is 6.04 Å². The number of hydrazine groups is 1. The molecule has 1 aromatic carbocycles. The molecule has 4 rings (SSSR count). The summed E-state index contributed by atoms with van der Waals surface area (Å²) in [4.78, 5) is 0. The van der Waals surface area contributed by atoms with Gasteiger partial charge in [0.15, 0.2) is 0 Å². The van der Waals surface area contributed by atoms with Crippen LogP contribution in [0.1, 0.15) is 11.3 Å². The summed E-state index contributed by atoms with van der Waals surface area (Å²) in [6.07, 6.45) is 5.27. The molecule has 7 nitrogen and oxygen atoms in total. The van der Waals surface area contributed by atoms with E-state index in [1.807, 2.05) is 47.6 Å². The van der Waals surface area contributed by atoms with E-state index in [1.165, 1.54) is 5.01 Å². The second-order valence-corrected chi connectivity index (χ2v) is 5.58. The Kier molecular flexibility index (Phi) is 3.55. The predicted octanol–water partition coefficient (Wildman–Crippen LogP) is 2.91. The zero-order chi connectivity index (χ0) is 16.5. The lowest BCUT2D eigenvalue weighted by molar-refractivity contribution is 0.348. The van der Waals surface area contributed by atoms with E-state index in [9.17, 15) is 0 Å². The molecule has 2 aliphatic heterocycles. The number of ether oxygens (including phenoxy) is 1. The van der Waals surface area contributed by atoms with Crippen LogP contribution in [0.25, 0.3) is 5.57 Å². The van der Waals surface area contributed by atoms with Gasteiger partial charge in [0.1, 0.15) is 17.6 Å². The van der Waals surface area contributed by atoms with Crippen LogP contribution in [-0.2, 0) is 6.54 Å². The van der Waals surface area contributed by atoms with Crippen LogP contribution in [0.4, 0.5) is 0 Å². The maximum absolute atomic E-state index is 6.00. The van der Waals surface area contributed by atoms with Gasteiger partial charge in [0.2, 0.25) is 0 Å². The number of hydrogen-bond donors (Lipinski definition) is 1. The van der Waals surface area contributed by atoms with Gasteiger partial charge in [-0.05, 0) is 29.8 Å². The Hall–Kier alpha value is -3.06. The average Bonchev–Trinajstić information content (AvgIpc) is 3.25. The van der Waals surface area contributed by atoms with E-state index in [4.69, 9.17) is 15.0 Å². The van der Waals surface area contributed by atoms with Gasteiger partial charge >= 0.3 is 0 Å². The first-order chi connectivity index (χ1) is 11.7. The third-order valence-corrected chi connectivity index (χ3v) is 3.99. The standard InChI is InChI=1S/C17H17N5O2/c1-23-13-5-2-4-12(8-13)9-22-15-11-21(18)10-14(17(15)19-20-22)16-6-3-7-24-16/h2-8,10-11,17H,9,18H2,1H3. The number of rotatable bonds is 4. The van der Waals surface area contributed by atoms with Crippen LogP contribution in [0.5, 0.6) is 5.75 Å². The van der Waals surface area contributed by atoms with Gasteiger partial charge in [-0.3, -0.25) is 5.01 Å². The number of nitrogens with zero attached hydrogens (tertiary/aromatic N) is 4. The molecule has 0 radical (unpaired) electrons. The van der Waals surface area contributed by atoms with Crippen LogP contribution >= 0.6 is 0 Å². The molecule has 1 atom stereocenters. The van der Waals surface area contributed by atoms with Crippen molar-refractivity contribution in [3.8, 4) is 5.75 Å². The SMILES string of the molecule is COc1cccc(CN2N=NC3C(c4ccco4)=CN(N)C=C32)c1. The molecule has 7 heteroatoms. The molecule has 1 aromatic heterocycles. The smallest absolute Gasteiger partial charge is 0.146 e. The van der Waals surface area contributed by atoms with Gasteiger partial charge in [-0.25, -0.2) is 10.9 Å². The van der Waals surface area contributed by atoms with Crippen molar-refractivity contribution in [2.24, 2.45) is 16.2 Å². The molecule has 0 saturated carbocycles. The van der Waals surface area contributed by atoms with Crippen LogP contribution in [0.15, 0.2) is 75.5 Å². The zero-order valence-corrected chi connectivity index (χ0v) is 13.2. The number of hydrogen-bond acceptors (Lipinski definition) is 7. The molecule has 24 heavy (non-hydrogen) atoms. The maximum atomic E-state index is 6.00. The largest absolute Gasteiger partial charge is 0.497 e. The van der Waals surface area contributed by atoms with Crippen LogP contribution in [0.2, 0.25) is 0 Å². The van der Waals surface area contributed by atoms with Gasteiger partial charge in [-0.15, -0.1) is 0 Å². The first kappa shape index (κ1) is 14.5. The average molecular weight is 323 g/mol. The molecule has 2 N–H and O–H groups in total. The molecule has 1 unspecified atom stereocenters. The first-order valence-corrected chi connectivity index (χ1v) is 7.56.